The number of hydrogen-bond acceptors (Lipinski definition) is 4. The van der Waals surface area contributed by atoms with E-state index in [1.54, 1.807) is 25.1 Å². The van der Waals surface area contributed by atoms with Crippen molar-refractivity contribution in [3.8, 4) is 0 Å². The quantitative estimate of drug-likeness (QED) is 0.820. The van der Waals surface area contributed by atoms with E-state index in [-0.39, 0.29) is 12.0 Å². The van der Waals surface area contributed by atoms with E-state index in [0.717, 1.165) is 25.9 Å². The van der Waals surface area contributed by atoms with Crippen molar-refractivity contribution in [2.24, 2.45) is 0 Å². The van der Waals surface area contributed by atoms with Crippen molar-refractivity contribution in [3.05, 3.63) is 23.2 Å². The highest BCUT2D eigenvalue weighted by molar-refractivity contribution is 6.31. The number of rotatable bonds is 5. The number of nitrogens with one attached hydrogen (secondary N) is 1. The molecule has 1 heterocycles. The van der Waals surface area contributed by atoms with E-state index in [2.05, 4.69) is 5.32 Å². The van der Waals surface area contributed by atoms with Gasteiger partial charge in [-0.25, -0.2) is 0 Å². The second-order valence-corrected chi connectivity index (χ2v) is 5.62. The van der Waals surface area contributed by atoms with Crippen LogP contribution >= 0.6 is 11.6 Å². The fourth-order valence-electron chi connectivity index (χ4n) is 2.14. The Balaban J connectivity index is 1.82. The van der Waals surface area contributed by atoms with Gasteiger partial charge in [-0.1, -0.05) is 11.6 Å². The first-order chi connectivity index (χ1) is 10.1. The second-order valence-electron chi connectivity index (χ2n) is 5.18. The van der Waals surface area contributed by atoms with Crippen molar-refractivity contribution in [3.63, 3.8) is 0 Å². The molecule has 1 fully saturated rings. The van der Waals surface area contributed by atoms with Gasteiger partial charge in [-0.15, -0.1) is 0 Å². The molecule has 1 saturated heterocycles. The van der Waals surface area contributed by atoms with E-state index in [0.29, 0.717) is 23.0 Å². The van der Waals surface area contributed by atoms with Gasteiger partial charge in [-0.2, -0.15) is 0 Å². The van der Waals surface area contributed by atoms with Crippen molar-refractivity contribution in [2.45, 2.75) is 38.4 Å². The maximum Gasteiger partial charge on any atom is 0.253 e. The predicted octanol–water partition coefficient (Wildman–Crippen LogP) is 2.83. The highest BCUT2D eigenvalue weighted by Gasteiger charge is 2.19. The van der Waals surface area contributed by atoms with E-state index in [1.165, 1.54) is 0 Å². The molecule has 6 heteroatoms. The van der Waals surface area contributed by atoms with Crippen LogP contribution in [0.1, 0.15) is 26.2 Å². The summed E-state index contributed by atoms with van der Waals surface area (Å²) in [7, 11) is 0. The summed E-state index contributed by atoms with van der Waals surface area (Å²) in [6.07, 6.45) is 2.74. The minimum Gasteiger partial charge on any atom is -0.397 e. The molecule has 3 N–H and O–H groups in total. The number of ether oxygens (including phenoxy) is 2. The van der Waals surface area contributed by atoms with Gasteiger partial charge < -0.3 is 20.5 Å². The highest BCUT2D eigenvalue weighted by atomic mass is 35.5. The van der Waals surface area contributed by atoms with Crippen LogP contribution in [0.3, 0.4) is 0 Å². The largest absolute Gasteiger partial charge is 0.397 e. The first-order valence-electron chi connectivity index (χ1n) is 7.15. The van der Waals surface area contributed by atoms with Crippen LogP contribution in [-0.2, 0) is 14.3 Å². The molecular formula is C15H21ClN2O3. The van der Waals surface area contributed by atoms with Crippen molar-refractivity contribution >= 4 is 28.9 Å². The Labute approximate surface area is 129 Å². The maximum atomic E-state index is 12.1. The SMILES string of the molecule is CC(OCC1CCCCO1)C(=O)Nc1cc(Cl)ccc1N. The van der Waals surface area contributed by atoms with Crippen LogP contribution in [0.2, 0.25) is 5.02 Å². The first-order valence-corrected chi connectivity index (χ1v) is 7.53. The predicted molar refractivity (Wildman–Crippen MR) is 83.5 cm³/mol. The molecule has 0 aliphatic carbocycles. The number of anilines is 2. The van der Waals surface area contributed by atoms with Gasteiger partial charge in [-0.05, 0) is 44.4 Å². The first kappa shape index (κ1) is 16.1. The molecule has 21 heavy (non-hydrogen) atoms. The maximum absolute atomic E-state index is 12.1. The number of nitrogen functional groups attached to an aromatic ring is 1. The molecule has 5 nitrogen and oxygen atoms in total. The topological polar surface area (TPSA) is 73.6 Å². The van der Waals surface area contributed by atoms with Gasteiger partial charge in [0.15, 0.2) is 0 Å². The second kappa shape index (κ2) is 7.64. The number of hydrogen-bond donors (Lipinski definition) is 2. The van der Waals surface area contributed by atoms with E-state index in [1.807, 2.05) is 0 Å². The summed E-state index contributed by atoms with van der Waals surface area (Å²) in [6, 6.07) is 4.94. The molecule has 1 aliphatic heterocycles. The minimum absolute atomic E-state index is 0.0882. The zero-order chi connectivity index (χ0) is 15.2. The van der Waals surface area contributed by atoms with Crippen molar-refractivity contribution < 1.29 is 14.3 Å². The Kier molecular flexibility index (Phi) is 5.85. The van der Waals surface area contributed by atoms with Crippen LogP contribution in [0.15, 0.2) is 18.2 Å². The molecule has 0 aromatic heterocycles. The van der Waals surface area contributed by atoms with Crippen LogP contribution in [0, 0.1) is 0 Å². The summed E-state index contributed by atoms with van der Waals surface area (Å²) in [6.45, 7) is 2.91. The minimum atomic E-state index is -0.575. The number of halogens is 1. The third-order valence-corrected chi connectivity index (χ3v) is 3.68. The molecule has 2 unspecified atom stereocenters. The third-order valence-electron chi connectivity index (χ3n) is 3.45. The van der Waals surface area contributed by atoms with Crippen LogP contribution in [-0.4, -0.2) is 31.3 Å². The Morgan fingerprint density at radius 3 is 3.10 bits per heavy atom. The van der Waals surface area contributed by atoms with Gasteiger partial charge in [0.25, 0.3) is 5.91 Å². The summed E-state index contributed by atoms with van der Waals surface area (Å²) < 4.78 is 11.1. The van der Waals surface area contributed by atoms with Gasteiger partial charge in [0.05, 0.1) is 24.1 Å². The van der Waals surface area contributed by atoms with E-state index in [9.17, 15) is 4.79 Å². The van der Waals surface area contributed by atoms with Gasteiger partial charge in [-0.3, -0.25) is 4.79 Å². The van der Waals surface area contributed by atoms with Gasteiger partial charge in [0.1, 0.15) is 6.10 Å². The molecule has 116 valence electrons. The van der Waals surface area contributed by atoms with Crippen LogP contribution in [0.4, 0.5) is 11.4 Å². The number of carbonyl (C=O) groups is 1. The molecule has 1 amide bonds. The average molecular weight is 313 g/mol. The number of carbonyl (C=O) groups excluding carboxylic acids is 1. The van der Waals surface area contributed by atoms with Gasteiger partial charge in [0, 0.05) is 11.6 Å². The Morgan fingerprint density at radius 2 is 2.38 bits per heavy atom. The third kappa shape index (κ3) is 4.88. The Morgan fingerprint density at radius 1 is 1.57 bits per heavy atom. The molecular weight excluding hydrogens is 292 g/mol. The molecule has 1 aliphatic rings. The average Bonchev–Trinajstić information content (AvgIpc) is 2.49. The van der Waals surface area contributed by atoms with E-state index < -0.39 is 6.10 Å². The monoisotopic (exact) mass is 312 g/mol. The Bertz CT molecular complexity index is 490. The molecule has 0 spiro atoms. The lowest BCUT2D eigenvalue weighted by Gasteiger charge is -2.24. The summed E-state index contributed by atoms with van der Waals surface area (Å²) in [5.41, 5.74) is 6.76. The summed E-state index contributed by atoms with van der Waals surface area (Å²) in [5.74, 6) is -0.250. The van der Waals surface area contributed by atoms with Crippen molar-refractivity contribution in [2.75, 3.05) is 24.3 Å². The molecule has 2 atom stereocenters. The summed E-state index contributed by atoms with van der Waals surface area (Å²) in [4.78, 5) is 12.1. The molecule has 0 radical (unpaired) electrons. The molecule has 2 rings (SSSR count). The molecule has 0 saturated carbocycles. The van der Waals surface area contributed by atoms with Crippen LogP contribution in [0.25, 0.3) is 0 Å². The van der Waals surface area contributed by atoms with E-state index >= 15 is 0 Å². The summed E-state index contributed by atoms with van der Waals surface area (Å²) in [5, 5.41) is 3.24. The van der Waals surface area contributed by atoms with Crippen molar-refractivity contribution in [1.82, 2.24) is 0 Å². The fraction of sp³-hybridized carbons (Fsp3) is 0.533. The van der Waals surface area contributed by atoms with Gasteiger partial charge >= 0.3 is 0 Å². The van der Waals surface area contributed by atoms with Crippen molar-refractivity contribution in [1.29, 1.82) is 0 Å². The fourth-order valence-corrected chi connectivity index (χ4v) is 2.31. The van der Waals surface area contributed by atoms with E-state index in [4.69, 9.17) is 26.8 Å². The number of benzene rings is 1. The lowest BCUT2D eigenvalue weighted by Crippen LogP contribution is -2.32. The summed E-state index contributed by atoms with van der Waals surface area (Å²) >= 11 is 5.89. The zero-order valence-corrected chi connectivity index (χ0v) is 12.9. The lowest BCUT2D eigenvalue weighted by atomic mass is 10.1. The van der Waals surface area contributed by atoms with Crippen LogP contribution in [0.5, 0.6) is 0 Å². The molecule has 1 aromatic carbocycles. The Hall–Kier alpha value is -1.30. The zero-order valence-electron chi connectivity index (χ0n) is 12.1. The lowest BCUT2D eigenvalue weighted by molar-refractivity contribution is -0.130. The normalized spacial score (nSPS) is 20.0. The smallest absolute Gasteiger partial charge is 0.253 e. The molecule has 0 bridgehead atoms. The van der Waals surface area contributed by atoms with Gasteiger partial charge in [0.2, 0.25) is 0 Å². The number of nitrogens with two attached hydrogens (primary N) is 1. The molecule has 1 aromatic rings. The highest BCUT2D eigenvalue weighted by Crippen LogP contribution is 2.23. The number of amides is 1. The van der Waals surface area contributed by atoms with Crippen LogP contribution < -0.4 is 11.1 Å². The standard InChI is InChI=1S/C15H21ClN2O3/c1-10(21-9-12-4-2-3-7-20-12)15(19)18-14-8-11(16)5-6-13(14)17/h5-6,8,10,12H,2-4,7,9,17H2,1H3,(H,18,19).